The summed E-state index contributed by atoms with van der Waals surface area (Å²) in [5.41, 5.74) is 0.0808. The smallest absolute Gasteiger partial charge is 0.230 e. The van der Waals surface area contributed by atoms with Gasteiger partial charge in [0.2, 0.25) is 11.8 Å². The van der Waals surface area contributed by atoms with Crippen LogP contribution in [0.3, 0.4) is 0 Å². The maximum absolute atomic E-state index is 14.2. The van der Waals surface area contributed by atoms with Crippen molar-refractivity contribution < 1.29 is 18.7 Å². The van der Waals surface area contributed by atoms with Gasteiger partial charge in [-0.2, -0.15) is 0 Å². The molecule has 0 unspecified atom stereocenters. The molecule has 7 heteroatoms. The molecule has 1 aromatic carbocycles. The zero-order chi connectivity index (χ0) is 21.0. The van der Waals surface area contributed by atoms with Gasteiger partial charge >= 0.3 is 0 Å². The van der Waals surface area contributed by atoms with Crippen LogP contribution in [0.4, 0.5) is 4.39 Å². The van der Waals surface area contributed by atoms with Crippen molar-refractivity contribution in [3.8, 4) is 5.75 Å². The quantitative estimate of drug-likeness (QED) is 0.757. The Balaban J connectivity index is 1.61. The van der Waals surface area contributed by atoms with E-state index < -0.39 is 5.41 Å². The molecule has 6 nitrogen and oxygen atoms in total. The number of nitrogens with one attached hydrogen (secondary N) is 1. The van der Waals surface area contributed by atoms with Gasteiger partial charge in [-0.3, -0.25) is 9.59 Å². The summed E-state index contributed by atoms with van der Waals surface area (Å²) in [6, 6.07) is 4.77. The third-order valence-electron chi connectivity index (χ3n) is 5.98. The lowest BCUT2D eigenvalue weighted by Gasteiger charge is -2.39. The number of hydrogen-bond donors (Lipinski definition) is 1. The van der Waals surface area contributed by atoms with E-state index in [9.17, 15) is 14.0 Å². The highest BCUT2D eigenvalue weighted by molar-refractivity contribution is 5.84. The van der Waals surface area contributed by atoms with Crippen LogP contribution in [0.15, 0.2) is 18.2 Å². The second kappa shape index (κ2) is 9.11. The SMILES string of the molecule is COc1ccc(F)c(CN2CCC[C@]3(CCN(CCC(=O)NC(C)C)C3)C2=O)c1. The second-order valence-electron chi connectivity index (χ2n) is 8.57. The second-order valence-corrected chi connectivity index (χ2v) is 8.57. The van der Waals surface area contributed by atoms with Crippen LogP contribution in [-0.2, 0) is 16.1 Å². The van der Waals surface area contributed by atoms with E-state index in [1.807, 2.05) is 13.8 Å². The summed E-state index contributed by atoms with van der Waals surface area (Å²) in [5, 5.41) is 2.91. The number of likely N-dealkylation sites (tertiary alicyclic amines) is 2. The minimum absolute atomic E-state index is 0.0473. The normalized spacial score (nSPS) is 22.5. The van der Waals surface area contributed by atoms with E-state index in [-0.39, 0.29) is 30.2 Å². The lowest BCUT2D eigenvalue weighted by molar-refractivity contribution is -0.146. The average molecular weight is 406 g/mol. The van der Waals surface area contributed by atoms with Crippen molar-refractivity contribution >= 4 is 11.8 Å². The first-order valence-electron chi connectivity index (χ1n) is 10.5. The first kappa shape index (κ1) is 21.6. The Bertz CT molecular complexity index is 755. The Morgan fingerprint density at radius 2 is 2.10 bits per heavy atom. The van der Waals surface area contributed by atoms with Gasteiger partial charge in [-0.05, 0) is 57.9 Å². The largest absolute Gasteiger partial charge is 0.497 e. The van der Waals surface area contributed by atoms with Gasteiger partial charge < -0.3 is 19.9 Å². The Labute approximate surface area is 172 Å². The van der Waals surface area contributed by atoms with Crippen LogP contribution in [0.5, 0.6) is 5.75 Å². The van der Waals surface area contributed by atoms with Crippen LogP contribution < -0.4 is 10.1 Å². The predicted molar refractivity (Wildman–Crippen MR) is 109 cm³/mol. The Morgan fingerprint density at radius 3 is 2.83 bits per heavy atom. The first-order chi connectivity index (χ1) is 13.8. The topological polar surface area (TPSA) is 61.9 Å². The number of benzene rings is 1. The lowest BCUT2D eigenvalue weighted by Crippen LogP contribution is -2.49. The summed E-state index contributed by atoms with van der Waals surface area (Å²) in [7, 11) is 1.55. The number of halogens is 1. The van der Waals surface area contributed by atoms with Crippen LogP contribution in [0, 0.1) is 11.2 Å². The van der Waals surface area contributed by atoms with Crippen LogP contribution >= 0.6 is 0 Å². The fourth-order valence-electron chi connectivity index (χ4n) is 4.49. The van der Waals surface area contributed by atoms with Crippen molar-refractivity contribution in [2.24, 2.45) is 5.41 Å². The maximum Gasteiger partial charge on any atom is 0.230 e. The molecule has 0 radical (unpaired) electrons. The summed E-state index contributed by atoms with van der Waals surface area (Å²) in [6.07, 6.45) is 3.02. The third kappa shape index (κ3) is 5.07. The standard InChI is InChI=1S/C22H32FN3O3/c1-16(2)24-20(27)7-11-25-12-9-22(15-25)8-4-10-26(21(22)28)14-17-13-18(29-3)5-6-19(17)23/h5-6,13,16H,4,7-12,14-15H2,1-3H3,(H,24,27)/t22-/m1/s1. The Kier molecular flexibility index (Phi) is 6.77. The third-order valence-corrected chi connectivity index (χ3v) is 5.98. The number of carbonyl (C=O) groups is 2. The van der Waals surface area contributed by atoms with Crippen molar-refractivity contribution in [2.75, 3.05) is 33.3 Å². The molecule has 0 bridgehead atoms. The maximum atomic E-state index is 14.2. The highest BCUT2D eigenvalue weighted by atomic mass is 19.1. The average Bonchev–Trinajstić information content (AvgIpc) is 3.09. The molecule has 1 spiro atoms. The summed E-state index contributed by atoms with van der Waals surface area (Å²) in [4.78, 5) is 29.2. The van der Waals surface area contributed by atoms with Gasteiger partial charge in [0.05, 0.1) is 12.5 Å². The number of amides is 2. The molecule has 2 aliphatic heterocycles. The number of rotatable bonds is 7. The summed E-state index contributed by atoms with van der Waals surface area (Å²) < 4.78 is 19.4. The van der Waals surface area contributed by atoms with Crippen LogP contribution in [-0.4, -0.2) is 60.9 Å². The molecule has 0 aromatic heterocycles. The van der Waals surface area contributed by atoms with E-state index in [1.165, 1.54) is 6.07 Å². The molecule has 2 aliphatic rings. The highest BCUT2D eigenvalue weighted by Gasteiger charge is 2.48. The number of carbonyl (C=O) groups excluding carboxylic acids is 2. The van der Waals surface area contributed by atoms with Gasteiger partial charge in [-0.15, -0.1) is 0 Å². The van der Waals surface area contributed by atoms with Gasteiger partial charge in [0.25, 0.3) is 0 Å². The van der Waals surface area contributed by atoms with E-state index in [0.717, 1.165) is 25.8 Å². The molecule has 3 rings (SSSR count). The predicted octanol–water partition coefficient (Wildman–Crippen LogP) is 2.56. The molecule has 2 amide bonds. The fourth-order valence-corrected chi connectivity index (χ4v) is 4.49. The molecule has 160 valence electrons. The molecular weight excluding hydrogens is 373 g/mol. The van der Waals surface area contributed by atoms with E-state index in [1.54, 1.807) is 24.1 Å². The number of ether oxygens (including phenoxy) is 1. The summed E-state index contributed by atoms with van der Waals surface area (Å²) in [6.45, 7) is 6.97. The zero-order valence-corrected chi connectivity index (χ0v) is 17.7. The molecule has 2 fully saturated rings. The molecule has 2 saturated heterocycles. The number of piperidine rings is 1. The lowest BCUT2D eigenvalue weighted by atomic mass is 9.78. The minimum Gasteiger partial charge on any atom is -0.497 e. The Morgan fingerprint density at radius 1 is 1.31 bits per heavy atom. The van der Waals surface area contributed by atoms with Gasteiger partial charge in [0.1, 0.15) is 11.6 Å². The molecule has 2 heterocycles. The van der Waals surface area contributed by atoms with Crippen LogP contribution in [0.2, 0.25) is 0 Å². The van der Waals surface area contributed by atoms with Crippen molar-refractivity contribution in [3.05, 3.63) is 29.6 Å². The van der Waals surface area contributed by atoms with Crippen LogP contribution in [0.25, 0.3) is 0 Å². The molecular formula is C22H32FN3O3. The van der Waals surface area contributed by atoms with Gasteiger partial charge in [0, 0.05) is 44.2 Å². The van der Waals surface area contributed by atoms with E-state index >= 15 is 0 Å². The van der Waals surface area contributed by atoms with E-state index in [2.05, 4.69) is 10.2 Å². The van der Waals surface area contributed by atoms with Crippen LogP contribution in [0.1, 0.15) is 45.1 Å². The Hall–Kier alpha value is -2.15. The summed E-state index contributed by atoms with van der Waals surface area (Å²) in [5.74, 6) is 0.431. The van der Waals surface area contributed by atoms with Gasteiger partial charge in [0.15, 0.2) is 0 Å². The number of hydrogen-bond acceptors (Lipinski definition) is 4. The minimum atomic E-state index is -0.401. The van der Waals surface area contributed by atoms with Crippen molar-refractivity contribution in [1.82, 2.24) is 15.1 Å². The number of nitrogens with zero attached hydrogens (tertiary/aromatic N) is 2. The van der Waals surface area contributed by atoms with Crippen molar-refractivity contribution in [1.29, 1.82) is 0 Å². The van der Waals surface area contributed by atoms with Gasteiger partial charge in [-0.25, -0.2) is 4.39 Å². The first-order valence-corrected chi connectivity index (χ1v) is 10.5. The summed E-state index contributed by atoms with van der Waals surface area (Å²) >= 11 is 0. The van der Waals surface area contributed by atoms with Crippen molar-refractivity contribution in [2.45, 2.75) is 52.1 Å². The number of methoxy groups -OCH3 is 1. The highest BCUT2D eigenvalue weighted by Crippen LogP contribution is 2.40. The van der Waals surface area contributed by atoms with Gasteiger partial charge in [-0.1, -0.05) is 0 Å². The van der Waals surface area contributed by atoms with E-state index in [4.69, 9.17) is 4.74 Å². The molecule has 0 saturated carbocycles. The zero-order valence-electron chi connectivity index (χ0n) is 17.7. The fraction of sp³-hybridized carbons (Fsp3) is 0.636. The molecule has 1 atom stereocenters. The van der Waals surface area contributed by atoms with Crippen molar-refractivity contribution in [3.63, 3.8) is 0 Å². The molecule has 29 heavy (non-hydrogen) atoms. The molecule has 0 aliphatic carbocycles. The monoisotopic (exact) mass is 405 g/mol. The molecule has 1 N–H and O–H groups in total. The van der Waals surface area contributed by atoms with E-state index in [0.29, 0.717) is 37.4 Å². The molecule has 1 aromatic rings.